The molecule has 1 aromatic carbocycles. The van der Waals surface area contributed by atoms with Gasteiger partial charge in [-0.15, -0.1) is 0 Å². The Hall–Kier alpha value is -2.20. The van der Waals surface area contributed by atoms with Crippen molar-refractivity contribution in [2.45, 2.75) is 44.4 Å². The van der Waals surface area contributed by atoms with Crippen molar-refractivity contribution in [2.24, 2.45) is 10.7 Å². The molecular formula is C24H31Cl2F2N5O2. The summed E-state index contributed by atoms with van der Waals surface area (Å²) in [7, 11) is 0. The zero-order chi connectivity index (χ0) is 25.5. The van der Waals surface area contributed by atoms with Crippen LogP contribution in [0.2, 0.25) is 10.0 Å². The summed E-state index contributed by atoms with van der Waals surface area (Å²) in [6, 6.07) is 4.83. The van der Waals surface area contributed by atoms with Crippen LogP contribution in [0.15, 0.2) is 46.7 Å². The first kappa shape index (κ1) is 27.4. The van der Waals surface area contributed by atoms with Crippen LogP contribution in [0.3, 0.4) is 0 Å². The van der Waals surface area contributed by atoms with Gasteiger partial charge in [-0.3, -0.25) is 4.79 Å². The van der Waals surface area contributed by atoms with Gasteiger partial charge < -0.3 is 26.0 Å². The van der Waals surface area contributed by atoms with Crippen molar-refractivity contribution in [3.8, 4) is 0 Å². The van der Waals surface area contributed by atoms with Crippen LogP contribution in [0, 0.1) is 0 Å². The van der Waals surface area contributed by atoms with Crippen molar-refractivity contribution in [3.63, 3.8) is 0 Å². The third kappa shape index (κ3) is 7.39. The molecule has 1 amide bonds. The van der Waals surface area contributed by atoms with Gasteiger partial charge in [-0.25, -0.2) is 13.8 Å². The molecule has 0 unspecified atom stereocenters. The van der Waals surface area contributed by atoms with Crippen LogP contribution in [0.5, 0.6) is 0 Å². The van der Waals surface area contributed by atoms with Crippen LogP contribution in [0.25, 0.3) is 0 Å². The number of nitrogens with one attached hydrogen (secondary N) is 2. The highest BCUT2D eigenvalue weighted by Gasteiger charge is 2.31. The van der Waals surface area contributed by atoms with Crippen molar-refractivity contribution < 1.29 is 18.3 Å². The second kappa shape index (κ2) is 12.7. The standard InChI is InChI=1S/C24H31Cl2F2N5O2/c1-14(15(2)30-17-3-4-18(25)19(26)11-17)23(32-22(29)12-27)24(34)33-8-5-16(6-9-33)31-21-7-10-35-13-20(21)28/h3-4,11,16,20-21,30-31H,2,5-10,12-13H2,1H3,(H2,29,32)/b23-14-/t20-,21+/m0/s1. The number of nitrogens with two attached hydrogens (primary N) is 1. The van der Waals surface area contributed by atoms with Gasteiger partial charge in [-0.1, -0.05) is 29.8 Å². The largest absolute Gasteiger partial charge is 0.385 e. The molecule has 2 atom stereocenters. The number of rotatable bonds is 8. The molecule has 11 heteroatoms. The summed E-state index contributed by atoms with van der Waals surface area (Å²) in [6.45, 7) is 6.21. The molecule has 2 aliphatic rings. The van der Waals surface area contributed by atoms with Crippen LogP contribution in [0.1, 0.15) is 26.2 Å². The Morgan fingerprint density at radius 3 is 2.63 bits per heavy atom. The van der Waals surface area contributed by atoms with Gasteiger partial charge >= 0.3 is 0 Å². The van der Waals surface area contributed by atoms with E-state index in [0.29, 0.717) is 66.0 Å². The Balaban J connectivity index is 1.70. The van der Waals surface area contributed by atoms with Crippen molar-refractivity contribution >= 4 is 40.6 Å². The average molecular weight is 530 g/mol. The molecule has 0 aliphatic carbocycles. The normalized spacial score (nSPS) is 22.5. The van der Waals surface area contributed by atoms with Gasteiger partial charge in [0.1, 0.15) is 24.4 Å². The van der Waals surface area contributed by atoms with E-state index < -0.39 is 12.8 Å². The predicted octanol–water partition coefficient (Wildman–Crippen LogP) is 4.23. The Labute approximate surface area is 214 Å². The minimum atomic E-state index is -1.03. The summed E-state index contributed by atoms with van der Waals surface area (Å²) < 4.78 is 32.4. The third-order valence-corrected chi connectivity index (χ3v) is 6.88. The number of carbonyl (C=O) groups excluding carboxylic acids is 1. The number of halogens is 4. The number of ether oxygens (including phenoxy) is 1. The number of hydrogen-bond acceptors (Lipinski definition) is 5. The Morgan fingerprint density at radius 2 is 2.00 bits per heavy atom. The lowest BCUT2D eigenvalue weighted by atomic mass is 10.00. The SMILES string of the molecule is C=C(Nc1ccc(Cl)c(Cl)c1)/C(C)=C(\N=C(N)CF)C(=O)N1CCC(N[C@@H]2CCOC[C@@H]2F)CC1. The van der Waals surface area contributed by atoms with Crippen molar-refractivity contribution in [1.82, 2.24) is 10.2 Å². The molecule has 2 aliphatic heterocycles. The Morgan fingerprint density at radius 1 is 1.29 bits per heavy atom. The average Bonchev–Trinajstić information content (AvgIpc) is 2.85. The van der Waals surface area contributed by atoms with Crippen LogP contribution in [-0.2, 0) is 9.53 Å². The fourth-order valence-electron chi connectivity index (χ4n) is 4.04. The molecule has 0 aromatic heterocycles. The van der Waals surface area contributed by atoms with Gasteiger partial charge in [0.15, 0.2) is 0 Å². The summed E-state index contributed by atoms with van der Waals surface area (Å²) in [5, 5.41) is 7.20. The topological polar surface area (TPSA) is 92.0 Å². The number of nitrogens with zero attached hydrogens (tertiary/aromatic N) is 2. The van der Waals surface area contributed by atoms with Crippen LogP contribution >= 0.6 is 23.2 Å². The lowest BCUT2D eigenvalue weighted by molar-refractivity contribution is -0.128. The molecule has 3 rings (SSSR count). The Bertz CT molecular complexity index is 996. The maximum absolute atomic E-state index is 14.1. The first-order chi connectivity index (χ1) is 16.7. The summed E-state index contributed by atoms with van der Waals surface area (Å²) in [5.74, 6) is -0.677. The van der Waals surface area contributed by atoms with Gasteiger partial charge in [0.2, 0.25) is 0 Å². The fourth-order valence-corrected chi connectivity index (χ4v) is 4.34. The van der Waals surface area contributed by atoms with Crippen molar-refractivity contribution in [2.75, 3.05) is 38.3 Å². The molecule has 2 heterocycles. The smallest absolute Gasteiger partial charge is 0.272 e. The number of likely N-dealkylation sites (tertiary alicyclic amines) is 1. The molecule has 0 bridgehead atoms. The summed E-state index contributed by atoms with van der Waals surface area (Å²) in [4.78, 5) is 19.1. The molecule has 4 N–H and O–H groups in total. The number of alkyl halides is 2. The van der Waals surface area contributed by atoms with Gasteiger partial charge in [0.05, 0.1) is 16.7 Å². The number of anilines is 1. The number of hydrogen-bond donors (Lipinski definition) is 3. The first-order valence-electron chi connectivity index (χ1n) is 11.5. The van der Waals surface area contributed by atoms with E-state index in [0.717, 1.165) is 0 Å². The molecule has 0 spiro atoms. The van der Waals surface area contributed by atoms with E-state index in [2.05, 4.69) is 22.2 Å². The van der Waals surface area contributed by atoms with Gasteiger partial charge in [0, 0.05) is 48.7 Å². The number of amidine groups is 1. The summed E-state index contributed by atoms with van der Waals surface area (Å²) >= 11 is 12.0. The number of allylic oxidation sites excluding steroid dienone is 1. The van der Waals surface area contributed by atoms with E-state index in [1.807, 2.05) is 0 Å². The first-order valence-corrected chi connectivity index (χ1v) is 12.2. The molecule has 2 fully saturated rings. The molecule has 1 aromatic rings. The second-order valence-corrected chi connectivity index (χ2v) is 9.48. The highest BCUT2D eigenvalue weighted by Crippen LogP contribution is 2.27. The lowest BCUT2D eigenvalue weighted by Gasteiger charge is -2.36. The number of amides is 1. The summed E-state index contributed by atoms with van der Waals surface area (Å²) in [5.41, 5.74) is 7.06. The van der Waals surface area contributed by atoms with Crippen LogP contribution in [0.4, 0.5) is 14.5 Å². The maximum Gasteiger partial charge on any atom is 0.272 e. The van der Waals surface area contributed by atoms with E-state index >= 15 is 0 Å². The monoisotopic (exact) mass is 529 g/mol. The van der Waals surface area contributed by atoms with E-state index in [-0.39, 0.29) is 36.1 Å². The quantitative estimate of drug-likeness (QED) is 0.203. The van der Waals surface area contributed by atoms with Crippen molar-refractivity contribution in [3.05, 3.63) is 51.8 Å². The fraction of sp³-hybridized carbons (Fsp3) is 0.500. The van der Waals surface area contributed by atoms with Crippen LogP contribution < -0.4 is 16.4 Å². The molecule has 0 saturated carbocycles. The Kier molecular flexibility index (Phi) is 9.91. The second-order valence-electron chi connectivity index (χ2n) is 8.66. The number of piperidine rings is 1. The van der Waals surface area contributed by atoms with Gasteiger partial charge in [-0.05, 0) is 44.4 Å². The maximum atomic E-state index is 14.1. The minimum absolute atomic E-state index is 0.0115. The molecular weight excluding hydrogens is 499 g/mol. The molecule has 192 valence electrons. The molecule has 7 nitrogen and oxygen atoms in total. The van der Waals surface area contributed by atoms with E-state index in [1.165, 1.54) is 0 Å². The molecule has 2 saturated heterocycles. The van der Waals surface area contributed by atoms with Gasteiger partial charge in [0.25, 0.3) is 5.91 Å². The van der Waals surface area contributed by atoms with Crippen LogP contribution in [-0.4, -0.2) is 67.9 Å². The zero-order valence-corrected chi connectivity index (χ0v) is 21.1. The molecule has 0 radical (unpaired) electrons. The lowest BCUT2D eigenvalue weighted by Crippen LogP contribution is -2.52. The number of benzene rings is 1. The minimum Gasteiger partial charge on any atom is -0.385 e. The van der Waals surface area contributed by atoms with E-state index in [4.69, 9.17) is 33.7 Å². The van der Waals surface area contributed by atoms with E-state index in [1.54, 1.807) is 30.0 Å². The van der Waals surface area contributed by atoms with Crippen molar-refractivity contribution in [1.29, 1.82) is 0 Å². The summed E-state index contributed by atoms with van der Waals surface area (Å²) in [6.07, 6.45) is 0.907. The highest BCUT2D eigenvalue weighted by atomic mass is 35.5. The number of carbonyl (C=O) groups is 1. The zero-order valence-electron chi connectivity index (χ0n) is 19.6. The number of aliphatic imine (C=N–C) groups is 1. The van der Waals surface area contributed by atoms with E-state index in [9.17, 15) is 13.6 Å². The highest BCUT2D eigenvalue weighted by molar-refractivity contribution is 6.42. The third-order valence-electron chi connectivity index (χ3n) is 6.14. The predicted molar refractivity (Wildman–Crippen MR) is 136 cm³/mol. The molecule has 35 heavy (non-hydrogen) atoms. The van der Waals surface area contributed by atoms with Gasteiger partial charge in [-0.2, -0.15) is 0 Å².